The van der Waals surface area contributed by atoms with E-state index in [1.165, 1.54) is 18.5 Å². The topological polar surface area (TPSA) is 71.1 Å². The maximum absolute atomic E-state index is 12.5. The molecule has 0 radical (unpaired) electrons. The fourth-order valence-corrected chi connectivity index (χ4v) is 2.55. The minimum atomic E-state index is -0.313. The van der Waals surface area contributed by atoms with E-state index in [1.54, 1.807) is 0 Å². The first kappa shape index (κ1) is 18.3. The first-order valence-electron chi connectivity index (χ1n) is 8.64. The van der Waals surface area contributed by atoms with Crippen molar-refractivity contribution in [1.82, 2.24) is 4.98 Å². The monoisotopic (exact) mass is 359 g/mol. The van der Waals surface area contributed by atoms with E-state index in [-0.39, 0.29) is 11.8 Å². The van der Waals surface area contributed by atoms with Crippen LogP contribution in [0, 0.1) is 20.8 Å². The lowest BCUT2D eigenvalue weighted by molar-refractivity contribution is 0.102. The fraction of sp³-hybridized carbons (Fsp3) is 0.136. The predicted molar refractivity (Wildman–Crippen MR) is 107 cm³/mol. The van der Waals surface area contributed by atoms with Gasteiger partial charge in [-0.15, -0.1) is 0 Å². The van der Waals surface area contributed by atoms with Gasteiger partial charge in [0.15, 0.2) is 0 Å². The second kappa shape index (κ2) is 7.83. The van der Waals surface area contributed by atoms with Crippen molar-refractivity contribution in [2.75, 3.05) is 10.6 Å². The Morgan fingerprint density at radius 3 is 1.85 bits per heavy atom. The van der Waals surface area contributed by atoms with Crippen LogP contribution in [0.15, 0.2) is 60.9 Å². The first-order valence-corrected chi connectivity index (χ1v) is 8.64. The Kier molecular flexibility index (Phi) is 5.31. The minimum absolute atomic E-state index is 0.310. The molecule has 2 aromatic carbocycles. The number of nitrogens with zero attached hydrogens (tertiary/aromatic N) is 1. The molecule has 136 valence electrons. The third-order valence-corrected chi connectivity index (χ3v) is 4.34. The first-order chi connectivity index (χ1) is 12.9. The van der Waals surface area contributed by atoms with Crippen LogP contribution in [0.1, 0.15) is 37.4 Å². The number of rotatable bonds is 4. The predicted octanol–water partition coefficient (Wildman–Crippen LogP) is 4.51. The average Bonchev–Trinajstić information content (AvgIpc) is 2.66. The lowest BCUT2D eigenvalue weighted by Crippen LogP contribution is -2.16. The summed E-state index contributed by atoms with van der Waals surface area (Å²) in [6, 6.07) is 14.7. The van der Waals surface area contributed by atoms with Crippen LogP contribution in [0.2, 0.25) is 0 Å². The van der Waals surface area contributed by atoms with Gasteiger partial charge in [0.25, 0.3) is 11.8 Å². The Labute approximate surface area is 158 Å². The smallest absolute Gasteiger partial charge is 0.257 e. The van der Waals surface area contributed by atoms with Crippen molar-refractivity contribution in [3.63, 3.8) is 0 Å². The Morgan fingerprint density at radius 1 is 0.704 bits per heavy atom. The molecule has 1 heterocycles. The molecule has 27 heavy (non-hydrogen) atoms. The standard InChI is InChI=1S/C22H21N3O2/c1-14-4-7-19(8-5-14)24-21(26)17-11-18(13-23-12-17)22(27)25-20-9-6-15(2)16(3)10-20/h4-13H,1-3H3,(H,24,26)(H,25,27). The SMILES string of the molecule is Cc1ccc(NC(=O)c2cncc(C(=O)Nc3ccc(C)c(C)c3)c2)cc1. The summed E-state index contributed by atoms with van der Waals surface area (Å²) in [5.74, 6) is -0.622. The van der Waals surface area contributed by atoms with Crippen molar-refractivity contribution in [3.05, 3.63) is 88.7 Å². The van der Waals surface area contributed by atoms with Crippen LogP contribution in [-0.2, 0) is 0 Å². The Hall–Kier alpha value is -3.47. The lowest BCUT2D eigenvalue weighted by Gasteiger charge is -2.09. The van der Waals surface area contributed by atoms with E-state index < -0.39 is 0 Å². The van der Waals surface area contributed by atoms with Crippen LogP contribution in [0.25, 0.3) is 0 Å². The Balaban J connectivity index is 1.73. The zero-order chi connectivity index (χ0) is 19.4. The van der Waals surface area contributed by atoms with E-state index in [0.29, 0.717) is 22.5 Å². The van der Waals surface area contributed by atoms with E-state index in [4.69, 9.17) is 0 Å². The fourth-order valence-electron chi connectivity index (χ4n) is 2.55. The van der Waals surface area contributed by atoms with E-state index in [2.05, 4.69) is 15.6 Å². The van der Waals surface area contributed by atoms with Crippen LogP contribution >= 0.6 is 0 Å². The molecule has 2 amide bonds. The number of aryl methyl sites for hydroxylation is 3. The van der Waals surface area contributed by atoms with Gasteiger partial charge in [0, 0.05) is 23.8 Å². The van der Waals surface area contributed by atoms with E-state index in [9.17, 15) is 9.59 Å². The number of benzene rings is 2. The summed E-state index contributed by atoms with van der Waals surface area (Å²) >= 11 is 0. The number of aromatic nitrogens is 1. The van der Waals surface area contributed by atoms with Crippen LogP contribution in [0.5, 0.6) is 0 Å². The van der Waals surface area contributed by atoms with Gasteiger partial charge in [0.05, 0.1) is 11.1 Å². The number of carbonyl (C=O) groups excluding carboxylic acids is 2. The van der Waals surface area contributed by atoms with Gasteiger partial charge in [0.1, 0.15) is 0 Å². The number of hydrogen-bond donors (Lipinski definition) is 2. The van der Waals surface area contributed by atoms with Crippen molar-refractivity contribution < 1.29 is 9.59 Å². The lowest BCUT2D eigenvalue weighted by atomic mass is 10.1. The zero-order valence-corrected chi connectivity index (χ0v) is 15.5. The Morgan fingerprint density at radius 2 is 1.26 bits per heavy atom. The summed E-state index contributed by atoms with van der Waals surface area (Å²) in [5.41, 5.74) is 5.41. The van der Waals surface area contributed by atoms with Gasteiger partial charge in [-0.2, -0.15) is 0 Å². The van der Waals surface area contributed by atoms with Gasteiger partial charge in [-0.05, 0) is 62.2 Å². The molecular weight excluding hydrogens is 338 g/mol. The highest BCUT2D eigenvalue weighted by Gasteiger charge is 2.12. The number of nitrogens with one attached hydrogen (secondary N) is 2. The molecule has 3 aromatic rings. The van der Waals surface area contributed by atoms with Gasteiger partial charge in [0.2, 0.25) is 0 Å². The Bertz CT molecular complexity index is 995. The van der Waals surface area contributed by atoms with E-state index in [0.717, 1.165) is 16.7 Å². The average molecular weight is 359 g/mol. The zero-order valence-electron chi connectivity index (χ0n) is 15.5. The van der Waals surface area contributed by atoms with Crippen LogP contribution in [0.4, 0.5) is 11.4 Å². The number of hydrogen-bond acceptors (Lipinski definition) is 3. The largest absolute Gasteiger partial charge is 0.322 e. The minimum Gasteiger partial charge on any atom is -0.322 e. The second-order valence-electron chi connectivity index (χ2n) is 6.54. The van der Waals surface area contributed by atoms with Crippen LogP contribution < -0.4 is 10.6 Å². The van der Waals surface area contributed by atoms with Gasteiger partial charge in [-0.3, -0.25) is 14.6 Å². The second-order valence-corrected chi connectivity index (χ2v) is 6.54. The summed E-state index contributed by atoms with van der Waals surface area (Å²) in [5, 5.41) is 5.64. The highest BCUT2D eigenvalue weighted by atomic mass is 16.2. The van der Waals surface area contributed by atoms with E-state index >= 15 is 0 Å². The molecule has 3 rings (SSSR count). The third kappa shape index (κ3) is 4.58. The molecule has 0 saturated heterocycles. The molecule has 0 aliphatic rings. The summed E-state index contributed by atoms with van der Waals surface area (Å²) in [4.78, 5) is 29.0. The molecule has 2 N–H and O–H groups in total. The summed E-state index contributed by atoms with van der Waals surface area (Å²) < 4.78 is 0. The highest BCUT2D eigenvalue weighted by Crippen LogP contribution is 2.16. The van der Waals surface area contributed by atoms with Gasteiger partial charge in [-0.1, -0.05) is 23.8 Å². The van der Waals surface area contributed by atoms with Crippen molar-refractivity contribution >= 4 is 23.2 Å². The van der Waals surface area contributed by atoms with Crippen LogP contribution in [0.3, 0.4) is 0 Å². The maximum atomic E-state index is 12.5. The summed E-state index contributed by atoms with van der Waals surface area (Å²) in [6.07, 6.45) is 2.88. The molecule has 5 nitrogen and oxygen atoms in total. The molecule has 0 aliphatic carbocycles. The molecule has 0 bridgehead atoms. The molecule has 0 unspecified atom stereocenters. The van der Waals surface area contributed by atoms with Gasteiger partial charge >= 0.3 is 0 Å². The number of carbonyl (C=O) groups is 2. The maximum Gasteiger partial charge on any atom is 0.257 e. The molecule has 0 aliphatic heterocycles. The number of anilines is 2. The van der Waals surface area contributed by atoms with Crippen molar-refractivity contribution in [3.8, 4) is 0 Å². The van der Waals surface area contributed by atoms with E-state index in [1.807, 2.05) is 63.2 Å². The molecular formula is C22H21N3O2. The third-order valence-electron chi connectivity index (χ3n) is 4.34. The summed E-state index contributed by atoms with van der Waals surface area (Å²) in [7, 11) is 0. The van der Waals surface area contributed by atoms with Gasteiger partial charge < -0.3 is 10.6 Å². The van der Waals surface area contributed by atoms with Crippen molar-refractivity contribution in [2.45, 2.75) is 20.8 Å². The molecule has 5 heteroatoms. The number of pyridine rings is 1. The molecule has 0 spiro atoms. The van der Waals surface area contributed by atoms with Crippen molar-refractivity contribution in [2.24, 2.45) is 0 Å². The molecule has 0 atom stereocenters. The quantitative estimate of drug-likeness (QED) is 0.720. The van der Waals surface area contributed by atoms with Crippen LogP contribution in [-0.4, -0.2) is 16.8 Å². The molecule has 0 saturated carbocycles. The normalized spacial score (nSPS) is 10.3. The van der Waals surface area contributed by atoms with Gasteiger partial charge in [-0.25, -0.2) is 0 Å². The number of amides is 2. The van der Waals surface area contributed by atoms with Crippen molar-refractivity contribution in [1.29, 1.82) is 0 Å². The molecule has 0 fully saturated rings. The highest BCUT2D eigenvalue weighted by molar-refractivity contribution is 6.08. The molecule has 1 aromatic heterocycles. The summed E-state index contributed by atoms with van der Waals surface area (Å²) in [6.45, 7) is 5.98.